The molecule has 8 bridgehead atoms. The number of aromatic amines is 2. The molecule has 2 aromatic carbocycles. The van der Waals surface area contributed by atoms with Crippen LogP contribution in [0.25, 0.3) is 68.6 Å². The molecule has 5 aromatic rings. The number of nitrogens with zero attached hydrogens (tertiary/aromatic N) is 2. The zero-order valence-corrected chi connectivity index (χ0v) is 35.8. The molecule has 0 atom stereocenters. The van der Waals surface area contributed by atoms with Gasteiger partial charge in [-0.25, -0.2) is 9.97 Å². The van der Waals surface area contributed by atoms with Crippen molar-refractivity contribution in [3.63, 3.8) is 0 Å². The maximum Gasteiger partial charge on any atom is 0.0776 e. The molecule has 4 nitrogen and oxygen atoms in total. The molecule has 2 N–H and O–H groups in total. The highest BCUT2D eigenvalue weighted by Crippen LogP contribution is 2.41. The molecule has 0 unspecified atom stereocenters. The summed E-state index contributed by atoms with van der Waals surface area (Å²) in [5, 5.41) is 2.76. The van der Waals surface area contributed by atoms with Gasteiger partial charge >= 0.3 is 0 Å². The Balaban J connectivity index is 1.53. The van der Waals surface area contributed by atoms with Crippen LogP contribution in [0.4, 0.5) is 0 Å². The molecule has 0 amide bonds. The normalized spacial score (nSPS) is 13.0. The number of H-pyrrole nitrogens is 2. The van der Waals surface area contributed by atoms with Gasteiger partial charge in [0, 0.05) is 62.2 Å². The van der Waals surface area contributed by atoms with E-state index in [4.69, 9.17) is 9.97 Å². The summed E-state index contributed by atoms with van der Waals surface area (Å²) < 4.78 is 4.17. The van der Waals surface area contributed by atoms with Gasteiger partial charge in [-0.15, -0.1) is 0 Å². The molecule has 2 aliphatic heterocycles. The number of nitrogens with one attached hydrogen (secondary N) is 2. The summed E-state index contributed by atoms with van der Waals surface area (Å²) in [4.78, 5) is 17.7. The second kappa shape index (κ2) is 12.6. The molecule has 0 saturated heterocycles. The molecular formula is C38H34Br4N4Si2. The zero-order valence-electron chi connectivity index (χ0n) is 27.5. The summed E-state index contributed by atoms with van der Waals surface area (Å²) in [5.41, 5.74) is 11.6. The lowest BCUT2D eigenvalue weighted by atomic mass is 10.0. The molecule has 3 aromatic heterocycles. The fourth-order valence-corrected chi connectivity index (χ4v) is 12.4. The monoisotopic (exact) mass is 918 g/mol. The number of hydrogen-bond donors (Lipinski definition) is 2. The lowest BCUT2D eigenvalue weighted by Crippen LogP contribution is -2.37. The van der Waals surface area contributed by atoms with Crippen LogP contribution in [-0.2, 0) is 0 Å². The predicted octanol–water partition coefficient (Wildman–Crippen LogP) is 12.1. The van der Waals surface area contributed by atoms with E-state index in [1.54, 1.807) is 0 Å². The van der Waals surface area contributed by atoms with Crippen molar-refractivity contribution in [2.45, 2.75) is 39.3 Å². The molecule has 0 aliphatic carbocycles. The first-order valence-electron chi connectivity index (χ1n) is 15.8. The quantitative estimate of drug-likeness (QED) is 0.173. The van der Waals surface area contributed by atoms with Gasteiger partial charge in [-0.2, -0.15) is 0 Å². The summed E-state index contributed by atoms with van der Waals surface area (Å²) in [6.07, 6.45) is 8.34. The van der Waals surface area contributed by atoms with Gasteiger partial charge in [0.05, 0.1) is 38.9 Å². The van der Waals surface area contributed by atoms with Crippen LogP contribution in [0.5, 0.6) is 0 Å². The SMILES string of the molecule is C[Si](C)(C)c1cc(Br)c(-c2c3nc(cc4ccc([nH]4)c(-c4c(Br)cc([Si](C)(C)C)cc4Br)c4ccc(cc5nc2C=C5)[nH]4)C=C3)c(Br)c1. The first-order valence-corrected chi connectivity index (χ1v) is 25.9. The van der Waals surface area contributed by atoms with E-state index in [0.717, 1.165) is 85.0 Å². The van der Waals surface area contributed by atoms with Crippen molar-refractivity contribution in [1.82, 2.24) is 19.9 Å². The average Bonchev–Trinajstić information content (AvgIpc) is 3.81. The minimum absolute atomic E-state index is 0.872. The predicted molar refractivity (Wildman–Crippen MR) is 226 cm³/mol. The molecule has 48 heavy (non-hydrogen) atoms. The molecule has 5 heterocycles. The maximum absolute atomic E-state index is 5.15. The highest BCUT2D eigenvalue weighted by atomic mass is 79.9. The van der Waals surface area contributed by atoms with Crippen LogP contribution < -0.4 is 10.4 Å². The number of aromatic nitrogens is 4. The van der Waals surface area contributed by atoms with Gasteiger partial charge in [-0.3, -0.25) is 0 Å². The second-order valence-electron chi connectivity index (χ2n) is 14.3. The van der Waals surface area contributed by atoms with E-state index in [1.165, 1.54) is 10.4 Å². The molecule has 10 heteroatoms. The number of benzene rings is 2. The van der Waals surface area contributed by atoms with E-state index in [2.05, 4.69) is 198 Å². The minimum Gasteiger partial charge on any atom is -0.355 e. The highest BCUT2D eigenvalue weighted by Gasteiger charge is 2.24. The Labute approximate surface area is 316 Å². The van der Waals surface area contributed by atoms with E-state index in [-0.39, 0.29) is 0 Å². The summed E-state index contributed by atoms with van der Waals surface area (Å²) in [7, 11) is -3.08. The van der Waals surface area contributed by atoms with Gasteiger partial charge in [-0.1, -0.05) is 113 Å². The first kappa shape index (κ1) is 33.9. The van der Waals surface area contributed by atoms with Crippen molar-refractivity contribution < 1.29 is 0 Å². The van der Waals surface area contributed by atoms with E-state index in [0.29, 0.717) is 0 Å². The van der Waals surface area contributed by atoms with Gasteiger partial charge in [0.2, 0.25) is 0 Å². The Morgan fingerprint density at radius 2 is 0.833 bits per heavy atom. The van der Waals surface area contributed by atoms with E-state index in [9.17, 15) is 0 Å². The topological polar surface area (TPSA) is 57.4 Å². The van der Waals surface area contributed by atoms with Crippen LogP contribution >= 0.6 is 63.7 Å². The van der Waals surface area contributed by atoms with Gasteiger partial charge in [0.15, 0.2) is 0 Å². The molecule has 0 saturated carbocycles. The number of rotatable bonds is 4. The standard InChI is InChI=1S/C38H34Br4N4Si2/c1-47(2,3)25-17-27(39)35(28(40)18-25)37-31-11-7-21(43-31)15-23-9-13-33(45-23)38(36-29(41)19-26(20-30(36)42)48(4,5)6)34-14-10-24(46-34)16-22-8-12-32(37)44-22/h7-20,43-44H,1-6H3. The Morgan fingerprint density at radius 3 is 1.21 bits per heavy atom. The Bertz CT molecular complexity index is 2230. The van der Waals surface area contributed by atoms with Crippen LogP contribution in [0.15, 0.2) is 78.6 Å². The van der Waals surface area contributed by atoms with Crippen LogP contribution in [0, 0.1) is 0 Å². The molecule has 242 valence electrons. The second-order valence-corrected chi connectivity index (χ2v) is 27.9. The average molecular weight is 923 g/mol. The Hall–Kier alpha value is -2.61. The summed E-state index contributed by atoms with van der Waals surface area (Å²) in [5.74, 6) is 0. The highest BCUT2D eigenvalue weighted by molar-refractivity contribution is 9.11. The molecule has 0 spiro atoms. The van der Waals surface area contributed by atoms with E-state index >= 15 is 0 Å². The molecule has 0 fully saturated rings. The van der Waals surface area contributed by atoms with Crippen molar-refractivity contribution >= 4 is 137 Å². The van der Waals surface area contributed by atoms with Gasteiger partial charge in [0.25, 0.3) is 0 Å². The molecular weight excluding hydrogens is 888 g/mol. The van der Waals surface area contributed by atoms with Crippen LogP contribution in [-0.4, -0.2) is 36.1 Å². The fourth-order valence-electron chi connectivity index (χ4n) is 6.09. The van der Waals surface area contributed by atoms with E-state index in [1.807, 2.05) is 0 Å². The van der Waals surface area contributed by atoms with E-state index < -0.39 is 16.1 Å². The molecule has 7 rings (SSSR count). The van der Waals surface area contributed by atoms with Crippen LogP contribution in [0.3, 0.4) is 0 Å². The van der Waals surface area contributed by atoms with Crippen LogP contribution in [0.2, 0.25) is 39.3 Å². The van der Waals surface area contributed by atoms with Gasteiger partial charge in [0.1, 0.15) is 0 Å². The van der Waals surface area contributed by atoms with Crippen molar-refractivity contribution in [3.8, 4) is 22.3 Å². The summed E-state index contributed by atoms with van der Waals surface area (Å²) in [6.45, 7) is 14.2. The Morgan fingerprint density at radius 1 is 0.458 bits per heavy atom. The van der Waals surface area contributed by atoms with Crippen molar-refractivity contribution in [1.29, 1.82) is 0 Å². The fraction of sp³-hybridized carbons (Fsp3) is 0.158. The van der Waals surface area contributed by atoms with Crippen molar-refractivity contribution in [3.05, 3.63) is 101 Å². The zero-order chi connectivity index (χ0) is 34.1. The summed E-state index contributed by atoms with van der Waals surface area (Å²) in [6, 6.07) is 21.9. The largest absolute Gasteiger partial charge is 0.355 e. The number of halogens is 4. The van der Waals surface area contributed by atoms with Gasteiger partial charge in [-0.05, 0) is 85.0 Å². The maximum atomic E-state index is 5.15. The van der Waals surface area contributed by atoms with Gasteiger partial charge < -0.3 is 9.97 Å². The van der Waals surface area contributed by atoms with Crippen LogP contribution in [0.1, 0.15) is 22.8 Å². The number of fused-ring (bicyclic) bond motifs is 8. The third-order valence-corrected chi connectivity index (χ3v) is 15.3. The Kier molecular flexibility index (Phi) is 8.90. The number of hydrogen-bond acceptors (Lipinski definition) is 2. The summed E-state index contributed by atoms with van der Waals surface area (Å²) >= 11 is 15.8. The first-order chi connectivity index (χ1) is 22.7. The third-order valence-electron chi connectivity index (χ3n) is 8.71. The van der Waals surface area contributed by atoms with Crippen molar-refractivity contribution in [2.75, 3.05) is 0 Å². The lowest BCUT2D eigenvalue weighted by molar-refractivity contribution is 1.27. The van der Waals surface area contributed by atoms with Crippen molar-refractivity contribution in [2.24, 2.45) is 0 Å². The minimum atomic E-state index is -1.54. The smallest absolute Gasteiger partial charge is 0.0776 e. The lowest BCUT2D eigenvalue weighted by Gasteiger charge is -2.20. The molecule has 2 aliphatic rings. The molecule has 0 radical (unpaired) electrons. The third kappa shape index (κ3) is 6.52.